The standard InChI is InChI=1S/2C17H21.Zr/c2*1-12-9-15-7-8-16(17(15)10-13(12)2)11-14-5-3-4-6-14;/h2*7-10,14H,3-6,11H2,1-2H3;. The maximum atomic E-state index is 2.78. The Hall–Kier alpha value is -1.20. The average molecular weight is 542 g/mol. The number of allylic oxidation sites excluding steroid dienone is 4. The van der Waals surface area contributed by atoms with Gasteiger partial charge in [-0.1, -0.05) is 0 Å². The number of aryl methyl sites for hydroxylation is 4. The van der Waals surface area contributed by atoms with E-state index in [1.54, 1.807) is 33.4 Å². The second-order valence-electron chi connectivity index (χ2n) is 12.3. The van der Waals surface area contributed by atoms with Crippen LogP contribution in [0.2, 0.25) is 0 Å². The minimum atomic E-state index is -0.750. The van der Waals surface area contributed by atoms with Crippen LogP contribution in [0.4, 0.5) is 0 Å². The summed E-state index contributed by atoms with van der Waals surface area (Å²) in [6.07, 6.45) is 19.8. The van der Waals surface area contributed by atoms with Gasteiger partial charge in [0.1, 0.15) is 0 Å². The van der Waals surface area contributed by atoms with Crippen LogP contribution in [0.1, 0.15) is 116 Å². The van der Waals surface area contributed by atoms with Crippen LogP contribution in [0, 0.1) is 39.5 Å². The van der Waals surface area contributed by atoms with Crippen LogP contribution in [-0.4, -0.2) is 0 Å². The summed E-state index contributed by atoms with van der Waals surface area (Å²) in [4.78, 5) is 0. The Morgan fingerprint density at radius 3 is 1.34 bits per heavy atom. The van der Waals surface area contributed by atoms with Gasteiger partial charge in [-0.15, -0.1) is 0 Å². The van der Waals surface area contributed by atoms with Crippen molar-refractivity contribution in [2.45, 2.75) is 99.2 Å². The molecule has 2 fully saturated rings. The van der Waals surface area contributed by atoms with Gasteiger partial charge >= 0.3 is 226 Å². The number of hydrogen-bond acceptors (Lipinski definition) is 0. The maximum absolute atomic E-state index is 2.78. The van der Waals surface area contributed by atoms with Gasteiger partial charge in [0.25, 0.3) is 0 Å². The van der Waals surface area contributed by atoms with Gasteiger partial charge < -0.3 is 0 Å². The molecular formula is C34H42Zr. The van der Waals surface area contributed by atoms with Crippen molar-refractivity contribution >= 4 is 11.1 Å². The zero-order chi connectivity index (χ0) is 24.1. The molecule has 182 valence electrons. The second kappa shape index (κ2) is 9.93. The van der Waals surface area contributed by atoms with E-state index in [9.17, 15) is 0 Å². The van der Waals surface area contributed by atoms with Crippen molar-refractivity contribution in [3.63, 3.8) is 0 Å². The molecule has 1 heteroatoms. The summed E-state index contributed by atoms with van der Waals surface area (Å²) in [5, 5.41) is 0. The van der Waals surface area contributed by atoms with Crippen LogP contribution in [0.15, 0.2) is 36.4 Å². The van der Waals surface area contributed by atoms with E-state index in [1.807, 2.05) is 0 Å². The molecule has 0 N–H and O–H groups in total. The normalized spacial score (nSPS) is 24.0. The average Bonchev–Trinajstić information content (AvgIpc) is 3.62. The number of rotatable bonds is 6. The van der Waals surface area contributed by atoms with Gasteiger partial charge in [-0.3, -0.25) is 0 Å². The predicted octanol–water partition coefficient (Wildman–Crippen LogP) is 9.74. The van der Waals surface area contributed by atoms with Crippen molar-refractivity contribution in [3.05, 3.63) is 80.9 Å². The fourth-order valence-corrected chi connectivity index (χ4v) is 11.9. The summed E-state index contributed by atoms with van der Waals surface area (Å²) in [6, 6.07) is 10.2. The Labute approximate surface area is 225 Å². The zero-order valence-corrected chi connectivity index (χ0v) is 24.8. The van der Waals surface area contributed by atoms with Crippen LogP contribution in [0.25, 0.3) is 11.1 Å². The van der Waals surface area contributed by atoms with Gasteiger partial charge in [0, 0.05) is 0 Å². The third kappa shape index (κ3) is 4.77. The Kier molecular flexibility index (Phi) is 6.85. The van der Waals surface area contributed by atoms with Gasteiger partial charge in [-0.25, -0.2) is 0 Å². The summed E-state index contributed by atoms with van der Waals surface area (Å²) in [5.74, 6) is 1.85. The fraction of sp³-hybridized carbons (Fsp3) is 0.529. The minimum absolute atomic E-state index is 0.728. The first kappa shape index (κ1) is 24.2. The van der Waals surface area contributed by atoms with Crippen LogP contribution < -0.4 is 0 Å². The molecule has 0 aliphatic heterocycles. The van der Waals surface area contributed by atoms with E-state index in [0.717, 1.165) is 19.1 Å². The fourth-order valence-electron chi connectivity index (χ4n) is 7.39. The molecule has 35 heavy (non-hydrogen) atoms. The molecule has 2 aromatic carbocycles. The first-order chi connectivity index (χ1) is 17.0. The first-order valence-electron chi connectivity index (χ1n) is 14.4. The van der Waals surface area contributed by atoms with Crippen LogP contribution in [0.5, 0.6) is 0 Å². The summed E-state index contributed by atoms with van der Waals surface area (Å²) in [7, 11) is 0. The molecular weight excluding hydrogens is 500 g/mol. The van der Waals surface area contributed by atoms with Gasteiger partial charge in [0.15, 0.2) is 0 Å². The summed E-state index contributed by atoms with van der Waals surface area (Å²) >= 11 is -0.750. The van der Waals surface area contributed by atoms with Gasteiger partial charge in [0.05, 0.1) is 0 Å². The summed E-state index contributed by atoms with van der Waals surface area (Å²) in [5.41, 5.74) is 16.0. The van der Waals surface area contributed by atoms with E-state index < -0.39 is 23.2 Å². The molecule has 0 bridgehead atoms. The first-order valence-corrected chi connectivity index (χ1v) is 17.2. The molecule has 4 aliphatic carbocycles. The summed E-state index contributed by atoms with van der Waals surface area (Å²) < 4.78 is 1.46. The molecule has 0 spiro atoms. The molecule has 6 rings (SSSR count). The van der Waals surface area contributed by atoms with Crippen molar-refractivity contribution in [2.75, 3.05) is 0 Å². The van der Waals surface area contributed by atoms with Crippen molar-refractivity contribution < 1.29 is 23.2 Å². The molecule has 2 unspecified atom stereocenters. The SMILES string of the molecule is Cc1cc2c(cc1C)[CH]([Zr][CH]1C=C(CC3CCCC3)c3cc(C)c(C)cc31)C=C2CC1CCCC1. The molecule has 2 atom stereocenters. The van der Waals surface area contributed by atoms with E-state index >= 15 is 0 Å². The van der Waals surface area contributed by atoms with Crippen LogP contribution >= 0.6 is 0 Å². The third-order valence-electron chi connectivity index (χ3n) is 9.76. The van der Waals surface area contributed by atoms with E-state index in [0.29, 0.717) is 0 Å². The monoisotopic (exact) mass is 540 g/mol. The Morgan fingerprint density at radius 2 is 0.943 bits per heavy atom. The molecule has 0 amide bonds. The molecule has 0 heterocycles. The Balaban J connectivity index is 1.33. The summed E-state index contributed by atoms with van der Waals surface area (Å²) in [6.45, 7) is 9.27. The second-order valence-corrected chi connectivity index (χ2v) is 16.1. The zero-order valence-electron chi connectivity index (χ0n) is 22.3. The molecule has 0 saturated heterocycles. The number of benzene rings is 2. The van der Waals surface area contributed by atoms with Gasteiger partial charge in [0.2, 0.25) is 0 Å². The molecule has 0 radical (unpaired) electrons. The predicted molar refractivity (Wildman–Crippen MR) is 146 cm³/mol. The Bertz CT molecular complexity index is 1090. The molecule has 0 aromatic heterocycles. The van der Waals surface area contributed by atoms with E-state index in [-0.39, 0.29) is 0 Å². The van der Waals surface area contributed by atoms with Crippen molar-refractivity contribution in [1.29, 1.82) is 0 Å². The van der Waals surface area contributed by atoms with Crippen LogP contribution in [0.3, 0.4) is 0 Å². The topological polar surface area (TPSA) is 0 Å². The van der Waals surface area contributed by atoms with Crippen molar-refractivity contribution in [1.82, 2.24) is 0 Å². The molecule has 4 aliphatic rings. The Morgan fingerprint density at radius 1 is 0.571 bits per heavy atom. The van der Waals surface area contributed by atoms with Gasteiger partial charge in [-0.2, -0.15) is 0 Å². The van der Waals surface area contributed by atoms with Gasteiger partial charge in [-0.05, 0) is 0 Å². The van der Waals surface area contributed by atoms with E-state index in [4.69, 9.17) is 0 Å². The number of fused-ring (bicyclic) bond motifs is 2. The molecule has 2 aromatic rings. The van der Waals surface area contributed by atoms with E-state index in [1.165, 1.54) is 86.5 Å². The van der Waals surface area contributed by atoms with Crippen molar-refractivity contribution in [2.24, 2.45) is 11.8 Å². The quantitative estimate of drug-likeness (QED) is 0.341. The van der Waals surface area contributed by atoms with Crippen molar-refractivity contribution in [3.8, 4) is 0 Å². The molecule has 0 nitrogen and oxygen atoms in total. The molecule has 2 saturated carbocycles. The van der Waals surface area contributed by atoms with E-state index in [2.05, 4.69) is 64.1 Å². The third-order valence-corrected chi connectivity index (χ3v) is 13.9. The van der Waals surface area contributed by atoms with Crippen LogP contribution in [-0.2, 0) is 23.2 Å². The number of hydrogen-bond donors (Lipinski definition) is 0.